The highest BCUT2D eigenvalue weighted by molar-refractivity contribution is 5.88. The standard InChI is InChI=1S/C26H33N5O/c1-18(32)28-24-6-4-21(5-7-24)25-8-9-26(30-29-25)27-16-19-10-12-31(13-11-19)17-23-15-20-2-3-22(23)14-20/h2-9,19-20,22-23H,10-17H2,1H3,(H,27,30)(H,28,32). The summed E-state index contributed by atoms with van der Waals surface area (Å²) in [5, 5.41) is 15.0. The Labute approximate surface area is 190 Å². The van der Waals surface area contributed by atoms with Gasteiger partial charge in [0.15, 0.2) is 0 Å². The molecule has 2 aromatic rings. The lowest BCUT2D eigenvalue weighted by atomic mass is 9.91. The fraction of sp³-hybridized carbons (Fsp3) is 0.500. The lowest BCUT2D eigenvalue weighted by molar-refractivity contribution is -0.114. The smallest absolute Gasteiger partial charge is 0.221 e. The van der Waals surface area contributed by atoms with E-state index in [1.165, 1.54) is 52.2 Å². The lowest BCUT2D eigenvalue weighted by Gasteiger charge is -2.35. The van der Waals surface area contributed by atoms with Gasteiger partial charge in [-0.2, -0.15) is 0 Å². The number of amides is 1. The maximum absolute atomic E-state index is 11.1. The second-order valence-electron chi connectivity index (χ2n) is 9.73. The molecule has 1 amide bonds. The van der Waals surface area contributed by atoms with Gasteiger partial charge in [-0.1, -0.05) is 24.3 Å². The van der Waals surface area contributed by atoms with Gasteiger partial charge in [-0.3, -0.25) is 4.79 Å². The molecule has 168 valence electrons. The summed E-state index contributed by atoms with van der Waals surface area (Å²) in [6.07, 6.45) is 10.3. The second kappa shape index (κ2) is 9.41. The summed E-state index contributed by atoms with van der Waals surface area (Å²) >= 11 is 0. The summed E-state index contributed by atoms with van der Waals surface area (Å²) in [4.78, 5) is 13.8. The Morgan fingerprint density at radius 2 is 1.84 bits per heavy atom. The number of carbonyl (C=O) groups is 1. The number of allylic oxidation sites excluding steroid dienone is 2. The molecule has 2 aliphatic carbocycles. The maximum Gasteiger partial charge on any atom is 0.221 e. The Balaban J connectivity index is 1.06. The van der Waals surface area contributed by atoms with Crippen LogP contribution in [0.2, 0.25) is 0 Å². The van der Waals surface area contributed by atoms with Gasteiger partial charge in [0.1, 0.15) is 5.82 Å². The molecule has 0 radical (unpaired) electrons. The fourth-order valence-electron chi connectivity index (χ4n) is 5.57. The minimum absolute atomic E-state index is 0.0725. The van der Waals surface area contributed by atoms with Crippen molar-refractivity contribution in [3.05, 3.63) is 48.6 Å². The number of fused-ring (bicyclic) bond motifs is 2. The molecule has 1 aliphatic heterocycles. The first-order valence-corrected chi connectivity index (χ1v) is 12.0. The van der Waals surface area contributed by atoms with Crippen molar-refractivity contribution in [1.29, 1.82) is 0 Å². The number of nitrogens with zero attached hydrogens (tertiary/aromatic N) is 3. The second-order valence-corrected chi connectivity index (χ2v) is 9.73. The van der Waals surface area contributed by atoms with Gasteiger partial charge >= 0.3 is 0 Å². The van der Waals surface area contributed by atoms with Crippen molar-refractivity contribution in [2.75, 3.05) is 36.8 Å². The average Bonchev–Trinajstić information content (AvgIpc) is 3.43. The van der Waals surface area contributed by atoms with Gasteiger partial charge in [-0.25, -0.2) is 0 Å². The Bertz CT molecular complexity index is 947. The van der Waals surface area contributed by atoms with Gasteiger partial charge in [0, 0.05) is 31.3 Å². The van der Waals surface area contributed by atoms with Crippen LogP contribution in [0.4, 0.5) is 11.5 Å². The first-order valence-electron chi connectivity index (χ1n) is 12.0. The number of likely N-dealkylation sites (tertiary alicyclic amines) is 1. The number of piperidine rings is 1. The van der Waals surface area contributed by atoms with Crippen LogP contribution in [-0.2, 0) is 4.79 Å². The van der Waals surface area contributed by atoms with Gasteiger partial charge in [0.2, 0.25) is 5.91 Å². The van der Waals surface area contributed by atoms with Crippen LogP contribution >= 0.6 is 0 Å². The molecule has 1 saturated heterocycles. The molecule has 5 rings (SSSR count). The molecule has 3 atom stereocenters. The number of hydrogen-bond acceptors (Lipinski definition) is 5. The maximum atomic E-state index is 11.1. The van der Waals surface area contributed by atoms with Crippen molar-refractivity contribution in [1.82, 2.24) is 15.1 Å². The van der Waals surface area contributed by atoms with Crippen LogP contribution < -0.4 is 10.6 Å². The zero-order valence-electron chi connectivity index (χ0n) is 18.8. The molecule has 2 N–H and O–H groups in total. The molecule has 1 saturated carbocycles. The number of carbonyl (C=O) groups excluding carboxylic acids is 1. The highest BCUT2D eigenvalue weighted by Gasteiger charge is 2.36. The van der Waals surface area contributed by atoms with E-state index < -0.39 is 0 Å². The zero-order chi connectivity index (χ0) is 21.9. The third kappa shape index (κ3) is 5.01. The molecule has 1 aromatic heterocycles. The third-order valence-corrected chi connectivity index (χ3v) is 7.35. The van der Waals surface area contributed by atoms with Crippen LogP contribution in [0.25, 0.3) is 11.3 Å². The summed E-state index contributed by atoms with van der Waals surface area (Å²) in [5.41, 5.74) is 2.59. The fourth-order valence-corrected chi connectivity index (χ4v) is 5.57. The lowest BCUT2D eigenvalue weighted by Crippen LogP contribution is -2.39. The summed E-state index contributed by atoms with van der Waals surface area (Å²) in [6.45, 7) is 6.21. The molecule has 6 nitrogen and oxygen atoms in total. The number of rotatable bonds is 7. The van der Waals surface area contributed by atoms with E-state index in [1.807, 2.05) is 36.4 Å². The summed E-state index contributed by atoms with van der Waals surface area (Å²) < 4.78 is 0. The Morgan fingerprint density at radius 1 is 1.03 bits per heavy atom. The van der Waals surface area contributed by atoms with Gasteiger partial charge in [0.25, 0.3) is 0 Å². The first-order chi connectivity index (χ1) is 15.6. The Morgan fingerprint density at radius 3 is 2.47 bits per heavy atom. The number of anilines is 2. The molecule has 6 heteroatoms. The van der Waals surface area contributed by atoms with Gasteiger partial charge in [0.05, 0.1) is 5.69 Å². The summed E-state index contributed by atoms with van der Waals surface area (Å²) in [7, 11) is 0. The van der Waals surface area contributed by atoms with Crippen LogP contribution in [0.3, 0.4) is 0 Å². The van der Waals surface area contributed by atoms with E-state index in [0.29, 0.717) is 5.92 Å². The van der Waals surface area contributed by atoms with E-state index in [-0.39, 0.29) is 5.91 Å². The van der Waals surface area contributed by atoms with E-state index in [0.717, 1.165) is 47.1 Å². The summed E-state index contributed by atoms with van der Waals surface area (Å²) in [6, 6.07) is 11.7. The predicted molar refractivity (Wildman–Crippen MR) is 128 cm³/mol. The molecular weight excluding hydrogens is 398 g/mol. The molecule has 3 aliphatic rings. The molecular formula is C26H33N5O. The topological polar surface area (TPSA) is 70.2 Å². The van der Waals surface area contributed by atoms with E-state index in [9.17, 15) is 4.79 Å². The summed E-state index contributed by atoms with van der Waals surface area (Å²) in [5.74, 6) is 4.10. The Kier molecular flexibility index (Phi) is 6.21. The van der Waals surface area contributed by atoms with E-state index >= 15 is 0 Å². The normalized spacial score (nSPS) is 25.2. The van der Waals surface area contributed by atoms with Crippen molar-refractivity contribution in [3.8, 4) is 11.3 Å². The molecule has 1 aromatic carbocycles. The monoisotopic (exact) mass is 431 g/mol. The minimum atomic E-state index is -0.0725. The van der Waals surface area contributed by atoms with Crippen molar-refractivity contribution in [2.24, 2.45) is 23.7 Å². The molecule has 3 unspecified atom stereocenters. The quantitative estimate of drug-likeness (QED) is 0.635. The minimum Gasteiger partial charge on any atom is -0.368 e. The third-order valence-electron chi connectivity index (χ3n) is 7.35. The van der Waals surface area contributed by atoms with Crippen molar-refractivity contribution < 1.29 is 4.79 Å². The molecule has 32 heavy (non-hydrogen) atoms. The van der Waals surface area contributed by atoms with Gasteiger partial charge in [-0.15, -0.1) is 10.2 Å². The SMILES string of the molecule is CC(=O)Nc1ccc(-c2ccc(NCC3CCN(CC4CC5C=CC4C5)CC3)nn2)cc1. The van der Waals surface area contributed by atoms with Crippen LogP contribution in [-0.4, -0.2) is 47.2 Å². The molecule has 0 spiro atoms. The largest absolute Gasteiger partial charge is 0.368 e. The number of benzene rings is 1. The number of nitrogens with one attached hydrogen (secondary N) is 2. The zero-order valence-corrected chi connectivity index (χ0v) is 18.8. The van der Waals surface area contributed by atoms with Gasteiger partial charge < -0.3 is 15.5 Å². The number of aromatic nitrogens is 2. The van der Waals surface area contributed by atoms with Crippen LogP contribution in [0, 0.1) is 23.7 Å². The molecule has 2 fully saturated rings. The van der Waals surface area contributed by atoms with Crippen molar-refractivity contribution in [2.45, 2.75) is 32.6 Å². The van der Waals surface area contributed by atoms with Crippen molar-refractivity contribution >= 4 is 17.4 Å². The van der Waals surface area contributed by atoms with Crippen molar-refractivity contribution in [3.63, 3.8) is 0 Å². The van der Waals surface area contributed by atoms with Gasteiger partial charge in [-0.05, 0) is 86.7 Å². The molecule has 2 heterocycles. The Hall–Kier alpha value is -2.73. The number of hydrogen-bond donors (Lipinski definition) is 2. The van der Waals surface area contributed by atoms with E-state index in [2.05, 4.69) is 37.9 Å². The van der Waals surface area contributed by atoms with Crippen LogP contribution in [0.1, 0.15) is 32.6 Å². The first kappa shape index (κ1) is 21.1. The highest BCUT2D eigenvalue weighted by Crippen LogP contribution is 2.43. The van der Waals surface area contributed by atoms with Crippen LogP contribution in [0.5, 0.6) is 0 Å². The predicted octanol–water partition coefficient (Wildman–Crippen LogP) is 4.44. The highest BCUT2D eigenvalue weighted by atomic mass is 16.1. The van der Waals surface area contributed by atoms with Crippen LogP contribution in [0.15, 0.2) is 48.6 Å². The van der Waals surface area contributed by atoms with E-state index in [4.69, 9.17) is 0 Å². The average molecular weight is 432 g/mol. The molecule has 2 bridgehead atoms. The van der Waals surface area contributed by atoms with E-state index in [1.54, 1.807) is 0 Å².